The van der Waals surface area contributed by atoms with Crippen LogP contribution in [0.1, 0.15) is 41.5 Å². The number of hydrogen-bond donors (Lipinski definition) is 0. The number of nitrogens with zero attached hydrogens (tertiary/aromatic N) is 1. The van der Waals surface area contributed by atoms with Crippen LogP contribution in [0.2, 0.25) is 16.6 Å². The molecule has 3 nitrogen and oxygen atoms in total. The lowest BCUT2D eigenvalue weighted by atomic mass is 10.4. The van der Waals surface area contributed by atoms with Crippen molar-refractivity contribution in [2.45, 2.75) is 58.2 Å². The molecule has 0 amide bonds. The van der Waals surface area contributed by atoms with Crippen molar-refractivity contribution in [2.75, 3.05) is 7.11 Å². The predicted molar refractivity (Wildman–Crippen MR) is 95.2 cm³/mol. The van der Waals surface area contributed by atoms with Gasteiger partial charge in [-0.25, -0.2) is 0 Å². The lowest BCUT2D eigenvalue weighted by Gasteiger charge is -2.42. The third kappa shape index (κ3) is 3.29. The highest BCUT2D eigenvalue weighted by Gasteiger charge is 2.47. The molecule has 0 N–H and O–H groups in total. The molecule has 1 heterocycles. The molecule has 0 spiro atoms. The van der Waals surface area contributed by atoms with Crippen LogP contribution in [0.3, 0.4) is 0 Å². The van der Waals surface area contributed by atoms with Gasteiger partial charge in [0.15, 0.2) is 11.5 Å². The second-order valence-corrected chi connectivity index (χ2v) is 12.6. The van der Waals surface area contributed by atoms with Crippen LogP contribution in [0.5, 0.6) is 11.5 Å². The molecule has 0 aliphatic rings. The molecule has 5 heteroatoms. The first-order valence-corrected chi connectivity index (χ1v) is 10.4. The van der Waals surface area contributed by atoms with Crippen molar-refractivity contribution < 1.29 is 9.16 Å². The van der Waals surface area contributed by atoms with E-state index in [9.17, 15) is 0 Å². The Labute approximate surface area is 137 Å². The minimum Gasteiger partial charge on any atom is -0.539 e. The lowest BCUT2D eigenvalue weighted by Crippen LogP contribution is -2.50. The van der Waals surface area contributed by atoms with Gasteiger partial charge in [-0.05, 0) is 39.2 Å². The molecule has 1 rings (SSSR count). The number of halogens is 1. The van der Waals surface area contributed by atoms with Crippen molar-refractivity contribution in [3.05, 3.63) is 16.0 Å². The summed E-state index contributed by atoms with van der Waals surface area (Å²) in [6.45, 7) is 13.7. The van der Waals surface area contributed by atoms with Crippen molar-refractivity contribution in [1.82, 2.24) is 4.98 Å². The molecule has 1 aromatic rings. The normalized spacial score (nSPS) is 12.3. The molecule has 0 aromatic carbocycles. The van der Waals surface area contributed by atoms with E-state index in [-0.39, 0.29) is 0 Å². The molecule has 1 aromatic heterocycles. The van der Waals surface area contributed by atoms with E-state index in [1.165, 1.54) is 0 Å². The SMILES string of the molecule is COc1c(I)cncc1O[Si](C(C)C)(C(C)C)C(C)C. The van der Waals surface area contributed by atoms with Crippen molar-refractivity contribution >= 4 is 30.9 Å². The number of methoxy groups -OCH3 is 1. The molecule has 114 valence electrons. The highest BCUT2D eigenvalue weighted by atomic mass is 127. The fourth-order valence-corrected chi connectivity index (χ4v) is 9.10. The second kappa shape index (κ2) is 7.11. The molecule has 0 radical (unpaired) electrons. The summed E-state index contributed by atoms with van der Waals surface area (Å²) in [7, 11) is -0.274. The van der Waals surface area contributed by atoms with E-state index < -0.39 is 8.32 Å². The van der Waals surface area contributed by atoms with Crippen LogP contribution in [-0.2, 0) is 0 Å². The summed E-state index contributed by atoms with van der Waals surface area (Å²) in [6, 6.07) is 0. The molecule has 0 saturated carbocycles. The molecule has 0 aliphatic heterocycles. The molecule has 0 atom stereocenters. The Hall–Kier alpha value is -0.303. The molecule has 0 fully saturated rings. The highest BCUT2D eigenvalue weighted by Crippen LogP contribution is 2.45. The van der Waals surface area contributed by atoms with Gasteiger partial charge in [-0.15, -0.1) is 0 Å². The summed E-state index contributed by atoms with van der Waals surface area (Å²) in [5.41, 5.74) is 1.60. The molecule has 20 heavy (non-hydrogen) atoms. The second-order valence-electron chi connectivity index (χ2n) is 6.07. The van der Waals surface area contributed by atoms with E-state index in [0.717, 1.165) is 15.1 Å². The van der Waals surface area contributed by atoms with Crippen LogP contribution >= 0.6 is 22.6 Å². The molecular weight excluding hydrogens is 381 g/mol. The average molecular weight is 407 g/mol. The van der Waals surface area contributed by atoms with Crippen LogP contribution in [0.15, 0.2) is 12.4 Å². The Morgan fingerprint density at radius 3 is 1.90 bits per heavy atom. The Balaban J connectivity index is 3.30. The van der Waals surface area contributed by atoms with Gasteiger partial charge in [-0.1, -0.05) is 41.5 Å². The average Bonchev–Trinajstić information content (AvgIpc) is 2.34. The Bertz CT molecular complexity index is 428. The van der Waals surface area contributed by atoms with E-state index >= 15 is 0 Å². The maximum absolute atomic E-state index is 6.64. The minimum atomic E-state index is -1.96. The fourth-order valence-electron chi connectivity index (χ4n) is 3.22. The topological polar surface area (TPSA) is 31.4 Å². The van der Waals surface area contributed by atoms with Crippen molar-refractivity contribution in [3.63, 3.8) is 0 Å². The van der Waals surface area contributed by atoms with E-state index in [1.807, 2.05) is 0 Å². The third-order valence-corrected chi connectivity index (χ3v) is 10.8. The number of aromatic nitrogens is 1. The summed E-state index contributed by atoms with van der Waals surface area (Å²) in [4.78, 5) is 4.26. The first kappa shape index (κ1) is 17.7. The minimum absolute atomic E-state index is 0.532. The van der Waals surface area contributed by atoms with Crippen LogP contribution in [0, 0.1) is 3.57 Å². The first-order chi connectivity index (χ1) is 9.27. The standard InChI is InChI=1S/C15H26INO2Si/c1-10(2)20(11(3)4,12(5)6)19-14-9-17-8-13(16)15(14)18-7/h8-12H,1-7H3. The van der Waals surface area contributed by atoms with Crippen molar-refractivity contribution in [3.8, 4) is 11.5 Å². The zero-order valence-electron chi connectivity index (χ0n) is 13.5. The van der Waals surface area contributed by atoms with Gasteiger partial charge in [0.2, 0.25) is 0 Å². The molecule has 0 unspecified atom stereocenters. The zero-order valence-corrected chi connectivity index (χ0v) is 16.7. The Morgan fingerprint density at radius 1 is 1.00 bits per heavy atom. The van der Waals surface area contributed by atoms with Crippen molar-refractivity contribution in [1.29, 1.82) is 0 Å². The lowest BCUT2D eigenvalue weighted by molar-refractivity contribution is 0.379. The summed E-state index contributed by atoms with van der Waals surface area (Å²) >= 11 is 2.24. The Kier molecular flexibility index (Phi) is 6.31. The molecular formula is C15H26INO2Si. The van der Waals surface area contributed by atoms with Gasteiger partial charge in [0.05, 0.1) is 16.9 Å². The van der Waals surface area contributed by atoms with Gasteiger partial charge in [-0.3, -0.25) is 4.98 Å². The van der Waals surface area contributed by atoms with Gasteiger partial charge in [0.1, 0.15) is 0 Å². The van der Waals surface area contributed by atoms with Gasteiger partial charge < -0.3 is 9.16 Å². The highest BCUT2D eigenvalue weighted by molar-refractivity contribution is 14.1. The predicted octanol–water partition coefficient (Wildman–Crippen LogP) is 5.25. The van der Waals surface area contributed by atoms with E-state index in [2.05, 4.69) is 69.1 Å². The van der Waals surface area contributed by atoms with E-state index in [1.54, 1.807) is 19.5 Å². The summed E-state index contributed by atoms with van der Waals surface area (Å²) in [5, 5.41) is 0. The quantitative estimate of drug-likeness (QED) is 0.477. The van der Waals surface area contributed by atoms with Gasteiger partial charge in [-0.2, -0.15) is 0 Å². The summed E-state index contributed by atoms with van der Waals surface area (Å²) in [6.07, 6.45) is 3.59. The molecule has 0 saturated heterocycles. The summed E-state index contributed by atoms with van der Waals surface area (Å²) < 4.78 is 13.1. The van der Waals surface area contributed by atoms with Crippen LogP contribution in [-0.4, -0.2) is 20.4 Å². The van der Waals surface area contributed by atoms with Gasteiger partial charge in [0, 0.05) is 6.20 Å². The van der Waals surface area contributed by atoms with E-state index in [0.29, 0.717) is 16.6 Å². The summed E-state index contributed by atoms with van der Waals surface area (Å²) in [5.74, 6) is 1.60. The fraction of sp³-hybridized carbons (Fsp3) is 0.667. The van der Waals surface area contributed by atoms with Crippen LogP contribution in [0.25, 0.3) is 0 Å². The van der Waals surface area contributed by atoms with Gasteiger partial charge >= 0.3 is 0 Å². The number of ether oxygens (including phenoxy) is 1. The molecule has 0 bridgehead atoms. The zero-order chi connectivity index (χ0) is 15.5. The maximum atomic E-state index is 6.64. The van der Waals surface area contributed by atoms with Crippen LogP contribution < -0.4 is 9.16 Å². The number of pyridine rings is 1. The van der Waals surface area contributed by atoms with Crippen LogP contribution in [0.4, 0.5) is 0 Å². The monoisotopic (exact) mass is 407 g/mol. The van der Waals surface area contributed by atoms with E-state index in [4.69, 9.17) is 9.16 Å². The Morgan fingerprint density at radius 2 is 1.50 bits per heavy atom. The largest absolute Gasteiger partial charge is 0.539 e. The first-order valence-electron chi connectivity index (χ1n) is 7.13. The number of rotatable bonds is 6. The molecule has 0 aliphatic carbocycles. The van der Waals surface area contributed by atoms with Crippen molar-refractivity contribution in [2.24, 2.45) is 0 Å². The van der Waals surface area contributed by atoms with Gasteiger partial charge in [0.25, 0.3) is 8.32 Å². The number of hydrogen-bond acceptors (Lipinski definition) is 3. The maximum Gasteiger partial charge on any atom is 0.259 e. The third-order valence-electron chi connectivity index (χ3n) is 4.02. The smallest absolute Gasteiger partial charge is 0.259 e.